The Morgan fingerprint density at radius 3 is 2.65 bits per heavy atom. The summed E-state index contributed by atoms with van der Waals surface area (Å²) in [6, 6.07) is 10.4. The van der Waals surface area contributed by atoms with E-state index in [9.17, 15) is 14.0 Å². The molecule has 9 nitrogen and oxygen atoms in total. The molecule has 1 saturated heterocycles. The zero-order valence-corrected chi connectivity index (χ0v) is 19.2. The molecular weight excluding hydrogens is 457 g/mol. The van der Waals surface area contributed by atoms with Gasteiger partial charge >= 0.3 is 0 Å². The molecule has 0 bridgehead atoms. The highest BCUT2D eigenvalue weighted by Crippen LogP contribution is 2.22. The molecule has 3 heterocycles. The summed E-state index contributed by atoms with van der Waals surface area (Å²) in [7, 11) is 0. The second-order valence-electron chi connectivity index (χ2n) is 8.22. The Morgan fingerprint density at radius 2 is 1.88 bits per heavy atom. The summed E-state index contributed by atoms with van der Waals surface area (Å²) in [4.78, 5) is 37.1. The predicted molar refractivity (Wildman–Crippen MR) is 126 cm³/mol. The number of piperazine rings is 1. The fourth-order valence-corrected chi connectivity index (χ4v) is 4.49. The number of anilines is 1. The van der Waals surface area contributed by atoms with Crippen molar-refractivity contribution in [3.8, 4) is 5.82 Å². The SMILES string of the molecule is O=C(NC1CC1)c1ccn(-c2cc(SCC(=O)N3CCN(c4ccccc4F)CC3)ncn2)n1. The van der Waals surface area contributed by atoms with E-state index in [-0.39, 0.29) is 29.4 Å². The first kappa shape index (κ1) is 22.3. The average molecular weight is 482 g/mol. The van der Waals surface area contributed by atoms with E-state index in [4.69, 9.17) is 0 Å². The summed E-state index contributed by atoms with van der Waals surface area (Å²) >= 11 is 1.32. The lowest BCUT2D eigenvalue weighted by Gasteiger charge is -2.36. The molecule has 2 aromatic heterocycles. The molecule has 0 unspecified atom stereocenters. The molecule has 0 radical (unpaired) electrons. The highest BCUT2D eigenvalue weighted by atomic mass is 32.2. The maximum absolute atomic E-state index is 14.0. The molecule has 1 N–H and O–H groups in total. The van der Waals surface area contributed by atoms with Crippen LogP contribution in [0.15, 0.2) is 53.9 Å². The molecule has 11 heteroatoms. The number of rotatable bonds is 7. The summed E-state index contributed by atoms with van der Waals surface area (Å²) < 4.78 is 15.5. The number of aromatic nitrogens is 4. The van der Waals surface area contributed by atoms with Crippen molar-refractivity contribution >= 4 is 29.3 Å². The molecule has 5 rings (SSSR count). The number of amides is 2. The maximum atomic E-state index is 14.0. The second-order valence-corrected chi connectivity index (χ2v) is 9.21. The van der Waals surface area contributed by atoms with Gasteiger partial charge in [0.25, 0.3) is 5.91 Å². The quantitative estimate of drug-likeness (QED) is 0.408. The van der Waals surface area contributed by atoms with Crippen molar-refractivity contribution in [3.05, 3.63) is 60.4 Å². The lowest BCUT2D eigenvalue weighted by molar-refractivity contribution is -0.128. The normalized spacial score (nSPS) is 15.9. The minimum Gasteiger partial charge on any atom is -0.366 e. The minimum atomic E-state index is -0.245. The summed E-state index contributed by atoms with van der Waals surface area (Å²) in [6.07, 6.45) is 5.12. The van der Waals surface area contributed by atoms with Crippen LogP contribution in [-0.2, 0) is 4.79 Å². The molecule has 34 heavy (non-hydrogen) atoms. The van der Waals surface area contributed by atoms with Gasteiger partial charge in [-0.25, -0.2) is 19.0 Å². The first-order valence-corrected chi connectivity index (χ1v) is 12.1. The maximum Gasteiger partial charge on any atom is 0.272 e. The first-order chi connectivity index (χ1) is 16.6. The van der Waals surface area contributed by atoms with Crippen LogP contribution in [0.1, 0.15) is 23.3 Å². The van der Waals surface area contributed by atoms with E-state index in [0.717, 1.165) is 12.8 Å². The molecule has 2 fully saturated rings. The molecule has 3 aromatic rings. The summed E-state index contributed by atoms with van der Waals surface area (Å²) in [5.41, 5.74) is 0.911. The van der Waals surface area contributed by atoms with E-state index < -0.39 is 0 Å². The van der Waals surface area contributed by atoms with E-state index in [0.29, 0.717) is 48.4 Å². The highest BCUT2D eigenvalue weighted by Gasteiger charge is 2.25. The van der Waals surface area contributed by atoms with Gasteiger partial charge in [-0.05, 0) is 31.0 Å². The Labute approximate surface area is 200 Å². The number of thioether (sulfide) groups is 1. The van der Waals surface area contributed by atoms with Gasteiger partial charge in [0.1, 0.15) is 17.2 Å². The minimum absolute atomic E-state index is 0.0106. The molecule has 176 valence electrons. The van der Waals surface area contributed by atoms with Crippen LogP contribution in [0.2, 0.25) is 0 Å². The molecule has 1 saturated carbocycles. The van der Waals surface area contributed by atoms with Crippen molar-refractivity contribution in [1.82, 2.24) is 30.0 Å². The van der Waals surface area contributed by atoms with Gasteiger partial charge in [0, 0.05) is 44.5 Å². The molecule has 1 aliphatic carbocycles. The van der Waals surface area contributed by atoms with Crippen LogP contribution in [0.4, 0.5) is 10.1 Å². The Kier molecular flexibility index (Phi) is 6.43. The zero-order valence-electron chi connectivity index (χ0n) is 18.4. The van der Waals surface area contributed by atoms with Gasteiger partial charge in [0.2, 0.25) is 5.91 Å². The van der Waals surface area contributed by atoms with E-state index in [1.54, 1.807) is 35.4 Å². The smallest absolute Gasteiger partial charge is 0.272 e. The van der Waals surface area contributed by atoms with Crippen molar-refractivity contribution in [2.75, 3.05) is 36.8 Å². The topological polar surface area (TPSA) is 96.2 Å². The van der Waals surface area contributed by atoms with Crippen molar-refractivity contribution in [3.63, 3.8) is 0 Å². The van der Waals surface area contributed by atoms with Crippen molar-refractivity contribution in [1.29, 1.82) is 0 Å². The fourth-order valence-electron chi connectivity index (χ4n) is 3.73. The number of halogens is 1. The predicted octanol–water partition coefficient (Wildman–Crippen LogP) is 2.13. The Hall–Kier alpha value is -3.47. The number of hydrogen-bond acceptors (Lipinski definition) is 7. The number of carbonyl (C=O) groups excluding carboxylic acids is 2. The van der Waals surface area contributed by atoms with E-state index in [2.05, 4.69) is 20.4 Å². The molecule has 2 aliphatic rings. The monoisotopic (exact) mass is 481 g/mol. The number of benzene rings is 1. The number of para-hydroxylation sites is 1. The van der Waals surface area contributed by atoms with Crippen LogP contribution < -0.4 is 10.2 Å². The van der Waals surface area contributed by atoms with Gasteiger partial charge in [-0.3, -0.25) is 9.59 Å². The Morgan fingerprint density at radius 1 is 1.09 bits per heavy atom. The van der Waals surface area contributed by atoms with Crippen LogP contribution in [0.5, 0.6) is 0 Å². The first-order valence-electron chi connectivity index (χ1n) is 11.2. The van der Waals surface area contributed by atoms with Crippen LogP contribution in [0.25, 0.3) is 5.82 Å². The van der Waals surface area contributed by atoms with E-state index in [1.807, 2.05) is 11.0 Å². The van der Waals surface area contributed by atoms with Crippen molar-refractivity contribution in [2.24, 2.45) is 0 Å². The third-order valence-electron chi connectivity index (χ3n) is 5.77. The van der Waals surface area contributed by atoms with Gasteiger partial charge in [-0.15, -0.1) is 0 Å². The van der Waals surface area contributed by atoms with Gasteiger partial charge in [0.15, 0.2) is 11.5 Å². The standard InChI is InChI=1S/C23H24FN7O2S/c24-17-3-1-2-4-19(17)29-9-11-30(12-10-29)22(32)14-34-21-13-20(25-15-26-21)31-8-7-18(28-31)23(33)27-16-5-6-16/h1-4,7-8,13,15-16H,5-6,9-12,14H2,(H,27,33). The fraction of sp³-hybridized carbons (Fsp3) is 0.348. The molecule has 1 aromatic carbocycles. The number of carbonyl (C=O) groups is 2. The molecule has 0 atom stereocenters. The Bertz CT molecular complexity index is 1190. The van der Waals surface area contributed by atoms with Gasteiger partial charge in [-0.2, -0.15) is 5.10 Å². The van der Waals surface area contributed by atoms with Crippen LogP contribution in [0, 0.1) is 5.82 Å². The van der Waals surface area contributed by atoms with Gasteiger partial charge in [0.05, 0.1) is 11.4 Å². The van der Waals surface area contributed by atoms with Crippen molar-refractivity contribution in [2.45, 2.75) is 23.9 Å². The molecular formula is C23H24FN7O2S. The molecule has 1 aliphatic heterocycles. The number of nitrogens with one attached hydrogen (secondary N) is 1. The largest absolute Gasteiger partial charge is 0.366 e. The summed E-state index contributed by atoms with van der Waals surface area (Å²) in [6.45, 7) is 2.26. The summed E-state index contributed by atoms with van der Waals surface area (Å²) in [5.74, 6) is 0.339. The molecule has 0 spiro atoms. The van der Waals surface area contributed by atoms with E-state index >= 15 is 0 Å². The Balaban J connectivity index is 1.14. The second kappa shape index (κ2) is 9.80. The van der Waals surface area contributed by atoms with Gasteiger partial charge in [-0.1, -0.05) is 23.9 Å². The zero-order chi connectivity index (χ0) is 23.5. The van der Waals surface area contributed by atoms with Gasteiger partial charge < -0.3 is 15.1 Å². The van der Waals surface area contributed by atoms with Crippen LogP contribution in [0.3, 0.4) is 0 Å². The van der Waals surface area contributed by atoms with Crippen molar-refractivity contribution < 1.29 is 14.0 Å². The third kappa shape index (κ3) is 5.19. The van der Waals surface area contributed by atoms with Crippen LogP contribution >= 0.6 is 11.8 Å². The number of nitrogens with zero attached hydrogens (tertiary/aromatic N) is 6. The number of hydrogen-bond donors (Lipinski definition) is 1. The average Bonchev–Trinajstić information content (AvgIpc) is 3.54. The summed E-state index contributed by atoms with van der Waals surface area (Å²) in [5, 5.41) is 7.86. The molecule has 2 amide bonds. The van der Waals surface area contributed by atoms with E-state index in [1.165, 1.54) is 28.8 Å². The highest BCUT2D eigenvalue weighted by molar-refractivity contribution is 7.99. The van der Waals surface area contributed by atoms with Crippen LogP contribution in [-0.4, -0.2) is 74.4 Å². The lowest BCUT2D eigenvalue weighted by Crippen LogP contribution is -2.49. The lowest BCUT2D eigenvalue weighted by atomic mass is 10.2. The third-order valence-corrected chi connectivity index (χ3v) is 6.68.